The van der Waals surface area contributed by atoms with Gasteiger partial charge in [0.15, 0.2) is 5.96 Å². The number of piperidine rings is 1. The van der Waals surface area contributed by atoms with Gasteiger partial charge in [0.2, 0.25) is 0 Å². The topological polar surface area (TPSA) is 45.5 Å². The molecule has 1 fully saturated rings. The maximum atomic E-state index is 4.48. The number of thiophene rings is 1. The molecule has 7 heteroatoms. The van der Waals surface area contributed by atoms with Crippen molar-refractivity contribution >= 4 is 41.3 Å². The quantitative estimate of drug-likeness (QED) is 0.434. The third kappa shape index (κ3) is 4.72. The van der Waals surface area contributed by atoms with Gasteiger partial charge in [0, 0.05) is 44.0 Å². The molecule has 0 radical (unpaired) electrons. The molecule has 0 amide bonds. The fourth-order valence-corrected chi connectivity index (χ4v) is 3.89. The van der Waals surface area contributed by atoms with Gasteiger partial charge in [-0.1, -0.05) is 13.0 Å². The molecule has 2 aromatic rings. The molecule has 1 aliphatic rings. The lowest BCUT2D eigenvalue weighted by Crippen LogP contribution is -2.49. The number of aliphatic imine (C=N–C) groups is 1. The highest BCUT2D eigenvalue weighted by molar-refractivity contribution is 14.0. The first kappa shape index (κ1) is 19.2. The molecule has 0 spiro atoms. The summed E-state index contributed by atoms with van der Waals surface area (Å²) in [4.78, 5) is 12.5. The van der Waals surface area contributed by atoms with E-state index in [0.29, 0.717) is 12.0 Å². The molecule has 0 bridgehead atoms. The summed E-state index contributed by atoms with van der Waals surface area (Å²) in [7, 11) is 1.87. The van der Waals surface area contributed by atoms with E-state index < -0.39 is 0 Å². The molecule has 3 rings (SSSR count). The van der Waals surface area contributed by atoms with Gasteiger partial charge in [-0.3, -0.25) is 4.99 Å². The van der Waals surface area contributed by atoms with Crippen LogP contribution in [0.4, 0.5) is 0 Å². The molecule has 2 unspecified atom stereocenters. The number of hydrogen-bond donors (Lipinski definition) is 1. The van der Waals surface area contributed by atoms with Crippen molar-refractivity contribution in [1.29, 1.82) is 0 Å². The summed E-state index contributed by atoms with van der Waals surface area (Å²) in [5.74, 6) is 1.67. The van der Waals surface area contributed by atoms with E-state index in [-0.39, 0.29) is 24.0 Å². The summed E-state index contributed by atoms with van der Waals surface area (Å²) in [6.45, 7) is 5.30. The summed E-state index contributed by atoms with van der Waals surface area (Å²) in [5, 5.41) is 5.65. The fourth-order valence-electron chi connectivity index (χ4n) is 3.18. The van der Waals surface area contributed by atoms with Crippen LogP contribution < -0.4 is 5.32 Å². The van der Waals surface area contributed by atoms with Crippen molar-refractivity contribution < 1.29 is 0 Å². The largest absolute Gasteiger partial charge is 0.356 e. The number of nitrogens with zero attached hydrogens (tertiary/aromatic N) is 4. The lowest BCUT2D eigenvalue weighted by atomic mass is 9.93. The molecule has 0 aliphatic carbocycles. The Labute approximate surface area is 165 Å². The highest BCUT2D eigenvalue weighted by Gasteiger charge is 2.28. The SMILES string of the molecule is CN=C(NCCc1cccs1)N1CCC(C)C(n2ccnc2)C1.I. The molecule has 3 heterocycles. The minimum absolute atomic E-state index is 0. The van der Waals surface area contributed by atoms with E-state index in [1.165, 1.54) is 11.3 Å². The number of halogens is 1. The van der Waals surface area contributed by atoms with Crippen LogP contribution in [0.3, 0.4) is 0 Å². The van der Waals surface area contributed by atoms with Crippen LogP contribution in [0.25, 0.3) is 0 Å². The maximum Gasteiger partial charge on any atom is 0.193 e. The Balaban J connectivity index is 0.00000208. The van der Waals surface area contributed by atoms with Crippen molar-refractivity contribution in [2.45, 2.75) is 25.8 Å². The van der Waals surface area contributed by atoms with Crippen molar-refractivity contribution in [2.75, 3.05) is 26.7 Å². The van der Waals surface area contributed by atoms with E-state index in [0.717, 1.165) is 32.0 Å². The first-order valence-corrected chi connectivity index (χ1v) is 9.11. The predicted molar refractivity (Wildman–Crippen MR) is 111 cm³/mol. The van der Waals surface area contributed by atoms with E-state index in [2.05, 4.69) is 55.4 Å². The van der Waals surface area contributed by atoms with Crippen LogP contribution >= 0.6 is 35.3 Å². The molecule has 1 N–H and O–H groups in total. The van der Waals surface area contributed by atoms with Gasteiger partial charge in [-0.25, -0.2) is 4.98 Å². The number of likely N-dealkylation sites (tertiary alicyclic amines) is 1. The third-order valence-electron chi connectivity index (χ3n) is 4.57. The van der Waals surface area contributed by atoms with Gasteiger partial charge < -0.3 is 14.8 Å². The Morgan fingerprint density at radius 1 is 1.50 bits per heavy atom. The average Bonchev–Trinajstić information content (AvgIpc) is 3.26. The highest BCUT2D eigenvalue weighted by atomic mass is 127. The number of rotatable bonds is 4. The van der Waals surface area contributed by atoms with Crippen LogP contribution in [0.2, 0.25) is 0 Å². The summed E-state index contributed by atoms with van der Waals surface area (Å²) in [6, 6.07) is 4.76. The van der Waals surface area contributed by atoms with E-state index in [1.54, 1.807) is 0 Å². The van der Waals surface area contributed by atoms with E-state index >= 15 is 0 Å². The smallest absolute Gasteiger partial charge is 0.193 e. The van der Waals surface area contributed by atoms with Crippen LogP contribution in [0, 0.1) is 5.92 Å². The van der Waals surface area contributed by atoms with Gasteiger partial charge in [-0.05, 0) is 30.2 Å². The first-order chi connectivity index (χ1) is 11.3. The number of nitrogens with one attached hydrogen (secondary N) is 1. The fraction of sp³-hybridized carbons (Fsp3) is 0.529. The molecule has 2 aromatic heterocycles. The van der Waals surface area contributed by atoms with Crippen LogP contribution in [0.5, 0.6) is 0 Å². The Hall–Kier alpha value is -1.09. The minimum atomic E-state index is 0. The maximum absolute atomic E-state index is 4.48. The zero-order valence-electron chi connectivity index (χ0n) is 14.3. The van der Waals surface area contributed by atoms with E-state index in [1.807, 2.05) is 30.9 Å². The molecular formula is C17H26IN5S. The molecule has 2 atom stereocenters. The molecule has 1 saturated heterocycles. The van der Waals surface area contributed by atoms with Gasteiger partial charge in [0.05, 0.1) is 12.4 Å². The van der Waals surface area contributed by atoms with Crippen LogP contribution in [0.1, 0.15) is 24.3 Å². The van der Waals surface area contributed by atoms with Gasteiger partial charge in [0.1, 0.15) is 0 Å². The molecule has 132 valence electrons. The van der Waals surface area contributed by atoms with Crippen molar-refractivity contribution in [2.24, 2.45) is 10.9 Å². The number of guanidine groups is 1. The van der Waals surface area contributed by atoms with Crippen molar-refractivity contribution in [3.63, 3.8) is 0 Å². The zero-order chi connectivity index (χ0) is 16.1. The van der Waals surface area contributed by atoms with E-state index in [4.69, 9.17) is 0 Å². The second-order valence-electron chi connectivity index (χ2n) is 6.09. The van der Waals surface area contributed by atoms with Gasteiger partial charge in [0.25, 0.3) is 0 Å². The van der Waals surface area contributed by atoms with Crippen molar-refractivity contribution in [3.05, 3.63) is 41.1 Å². The minimum Gasteiger partial charge on any atom is -0.356 e. The molecular weight excluding hydrogens is 433 g/mol. The second kappa shape index (κ2) is 9.41. The number of hydrogen-bond acceptors (Lipinski definition) is 3. The lowest BCUT2D eigenvalue weighted by Gasteiger charge is -2.39. The summed E-state index contributed by atoms with van der Waals surface area (Å²) in [6.07, 6.45) is 8.08. The lowest BCUT2D eigenvalue weighted by molar-refractivity contribution is 0.189. The summed E-state index contributed by atoms with van der Waals surface area (Å²) < 4.78 is 2.23. The highest BCUT2D eigenvalue weighted by Crippen LogP contribution is 2.27. The Morgan fingerprint density at radius 2 is 2.38 bits per heavy atom. The first-order valence-electron chi connectivity index (χ1n) is 8.23. The Kier molecular flexibility index (Phi) is 7.54. The van der Waals surface area contributed by atoms with Gasteiger partial charge in [-0.2, -0.15) is 0 Å². The molecule has 24 heavy (non-hydrogen) atoms. The molecule has 0 aromatic carbocycles. The predicted octanol–water partition coefficient (Wildman–Crippen LogP) is 3.26. The zero-order valence-corrected chi connectivity index (χ0v) is 17.4. The van der Waals surface area contributed by atoms with E-state index in [9.17, 15) is 0 Å². The standard InChI is InChI=1S/C17H25N5S.HI/c1-14-6-9-21(12-16(14)22-10-8-19-13-22)17(18-2)20-7-5-15-4-3-11-23-15;/h3-4,8,10-11,13-14,16H,5-7,9,12H2,1-2H3,(H,18,20);1H. The Bertz CT molecular complexity index is 611. The monoisotopic (exact) mass is 459 g/mol. The Morgan fingerprint density at radius 3 is 3.04 bits per heavy atom. The van der Waals surface area contributed by atoms with Gasteiger partial charge >= 0.3 is 0 Å². The summed E-state index contributed by atoms with van der Waals surface area (Å²) >= 11 is 1.81. The third-order valence-corrected chi connectivity index (χ3v) is 5.51. The number of aromatic nitrogens is 2. The molecule has 0 saturated carbocycles. The summed E-state index contributed by atoms with van der Waals surface area (Å²) in [5.41, 5.74) is 0. The molecule has 5 nitrogen and oxygen atoms in total. The average molecular weight is 459 g/mol. The van der Waals surface area contributed by atoms with Crippen molar-refractivity contribution in [1.82, 2.24) is 19.8 Å². The number of imidazole rings is 1. The van der Waals surface area contributed by atoms with Crippen molar-refractivity contribution in [3.8, 4) is 0 Å². The van der Waals surface area contributed by atoms with Crippen LogP contribution in [-0.4, -0.2) is 47.1 Å². The molecule has 1 aliphatic heterocycles. The van der Waals surface area contributed by atoms with Gasteiger partial charge in [-0.15, -0.1) is 35.3 Å². The second-order valence-corrected chi connectivity index (χ2v) is 7.12. The normalized spacial score (nSPS) is 21.4. The van der Waals surface area contributed by atoms with Crippen LogP contribution in [0.15, 0.2) is 41.2 Å². The van der Waals surface area contributed by atoms with Crippen LogP contribution in [-0.2, 0) is 6.42 Å².